The molecule has 0 rings (SSSR count). The molecule has 0 radical (unpaired) electrons. The van der Waals surface area contributed by atoms with Crippen LogP contribution in [0.2, 0.25) is 0 Å². The van der Waals surface area contributed by atoms with Crippen LogP contribution in [0, 0.1) is 0 Å². The van der Waals surface area contributed by atoms with Crippen molar-refractivity contribution in [1.82, 2.24) is 0 Å². The van der Waals surface area contributed by atoms with Crippen molar-refractivity contribution < 1.29 is 19.1 Å². The van der Waals surface area contributed by atoms with E-state index < -0.39 is 0 Å². The second-order valence-electron chi connectivity index (χ2n) is 4.74. The topological polar surface area (TPSA) is 52.6 Å². The normalized spacial score (nSPS) is 11.9. The molecule has 0 spiro atoms. The Labute approximate surface area is 116 Å². The Hall–Kier alpha value is -1.06. The van der Waals surface area contributed by atoms with E-state index in [1.807, 2.05) is 13.8 Å². The van der Waals surface area contributed by atoms with Crippen LogP contribution in [0.5, 0.6) is 0 Å². The van der Waals surface area contributed by atoms with Gasteiger partial charge in [-0.15, -0.1) is 0 Å². The van der Waals surface area contributed by atoms with E-state index in [0.29, 0.717) is 25.9 Å². The summed E-state index contributed by atoms with van der Waals surface area (Å²) in [6, 6.07) is 0. The van der Waals surface area contributed by atoms with Crippen LogP contribution in [-0.4, -0.2) is 24.6 Å². The second kappa shape index (κ2) is 12.0. The maximum absolute atomic E-state index is 11.6. The lowest BCUT2D eigenvalue weighted by molar-refractivity contribution is -0.150. The molecule has 4 nitrogen and oxygen atoms in total. The van der Waals surface area contributed by atoms with Gasteiger partial charge in [-0.05, 0) is 25.7 Å². The number of unbranched alkanes of at least 4 members (excludes halogenated alkanes) is 1. The predicted molar refractivity (Wildman–Crippen MR) is 74.8 cm³/mol. The summed E-state index contributed by atoms with van der Waals surface area (Å²) in [4.78, 5) is 22.8. The van der Waals surface area contributed by atoms with Crippen LogP contribution in [-0.2, 0) is 19.1 Å². The summed E-state index contributed by atoms with van der Waals surface area (Å²) in [6.07, 6.45) is 5.91. The van der Waals surface area contributed by atoms with Crippen LogP contribution < -0.4 is 0 Å². The van der Waals surface area contributed by atoms with Gasteiger partial charge in [0.1, 0.15) is 6.10 Å². The summed E-state index contributed by atoms with van der Waals surface area (Å²) in [5.74, 6) is -0.432. The lowest BCUT2D eigenvalue weighted by Crippen LogP contribution is -2.17. The van der Waals surface area contributed by atoms with Gasteiger partial charge in [0.05, 0.1) is 6.61 Å². The smallest absolute Gasteiger partial charge is 0.306 e. The van der Waals surface area contributed by atoms with Crippen LogP contribution in [0.3, 0.4) is 0 Å². The maximum atomic E-state index is 11.6. The molecule has 0 saturated heterocycles. The first-order valence-corrected chi connectivity index (χ1v) is 7.49. The fourth-order valence-electron chi connectivity index (χ4n) is 1.69. The molecule has 112 valence electrons. The first-order valence-electron chi connectivity index (χ1n) is 7.49. The molecule has 0 fully saturated rings. The van der Waals surface area contributed by atoms with Crippen molar-refractivity contribution in [3.05, 3.63) is 0 Å². The summed E-state index contributed by atoms with van der Waals surface area (Å²) < 4.78 is 10.3. The van der Waals surface area contributed by atoms with Gasteiger partial charge >= 0.3 is 11.9 Å². The Balaban J connectivity index is 3.70. The Morgan fingerprint density at radius 1 is 0.947 bits per heavy atom. The zero-order valence-electron chi connectivity index (χ0n) is 12.6. The average Bonchev–Trinajstić information content (AvgIpc) is 2.41. The molecule has 0 aromatic carbocycles. The van der Waals surface area contributed by atoms with Crippen molar-refractivity contribution in [3.8, 4) is 0 Å². The third kappa shape index (κ3) is 10.5. The molecule has 0 saturated carbocycles. The highest BCUT2D eigenvalue weighted by Gasteiger charge is 2.12. The summed E-state index contributed by atoms with van der Waals surface area (Å²) in [7, 11) is 0. The van der Waals surface area contributed by atoms with E-state index in [1.54, 1.807) is 0 Å². The van der Waals surface area contributed by atoms with Gasteiger partial charge in [0.15, 0.2) is 0 Å². The van der Waals surface area contributed by atoms with Gasteiger partial charge in [-0.25, -0.2) is 0 Å². The average molecular weight is 272 g/mol. The van der Waals surface area contributed by atoms with Crippen LogP contribution in [0.1, 0.15) is 72.1 Å². The minimum absolute atomic E-state index is 0.0273. The Kier molecular flexibility index (Phi) is 11.3. The van der Waals surface area contributed by atoms with Crippen molar-refractivity contribution in [3.63, 3.8) is 0 Å². The van der Waals surface area contributed by atoms with E-state index in [2.05, 4.69) is 6.92 Å². The number of esters is 2. The lowest BCUT2D eigenvalue weighted by atomic mass is 10.1. The number of hydrogen-bond donors (Lipinski definition) is 0. The van der Waals surface area contributed by atoms with E-state index in [1.165, 1.54) is 0 Å². The molecule has 19 heavy (non-hydrogen) atoms. The third-order valence-electron chi connectivity index (χ3n) is 2.86. The lowest BCUT2D eigenvalue weighted by Gasteiger charge is -2.15. The van der Waals surface area contributed by atoms with E-state index in [-0.39, 0.29) is 18.0 Å². The Bertz CT molecular complexity index is 251. The minimum atomic E-state index is -0.229. The number of ether oxygens (including phenoxy) is 2. The highest BCUT2D eigenvalue weighted by Crippen LogP contribution is 2.10. The van der Waals surface area contributed by atoms with Crippen LogP contribution in [0.25, 0.3) is 0 Å². The van der Waals surface area contributed by atoms with Crippen molar-refractivity contribution in [1.29, 1.82) is 0 Å². The standard InChI is InChI=1S/C15H28O4/c1-4-7-9-13(6-3)19-15(17)11-8-10-14(16)18-12-5-2/h13H,4-12H2,1-3H3. The van der Waals surface area contributed by atoms with E-state index in [0.717, 1.165) is 32.1 Å². The number of carbonyl (C=O) groups is 2. The number of rotatable bonds is 11. The van der Waals surface area contributed by atoms with Crippen molar-refractivity contribution in [2.24, 2.45) is 0 Å². The zero-order valence-corrected chi connectivity index (χ0v) is 12.6. The van der Waals surface area contributed by atoms with E-state index in [9.17, 15) is 9.59 Å². The number of carbonyl (C=O) groups excluding carboxylic acids is 2. The molecule has 0 aliphatic heterocycles. The molecule has 0 amide bonds. The molecule has 0 N–H and O–H groups in total. The fraction of sp³-hybridized carbons (Fsp3) is 0.867. The summed E-state index contributed by atoms with van der Waals surface area (Å²) in [5.41, 5.74) is 0. The van der Waals surface area contributed by atoms with Gasteiger partial charge in [-0.2, -0.15) is 0 Å². The van der Waals surface area contributed by atoms with Crippen molar-refractivity contribution in [2.45, 2.75) is 78.2 Å². The van der Waals surface area contributed by atoms with Gasteiger partial charge in [-0.3, -0.25) is 9.59 Å². The quantitative estimate of drug-likeness (QED) is 0.539. The second-order valence-corrected chi connectivity index (χ2v) is 4.74. The summed E-state index contributed by atoms with van der Waals surface area (Å²) >= 11 is 0. The molecule has 0 heterocycles. The summed E-state index contributed by atoms with van der Waals surface area (Å²) in [6.45, 7) is 6.55. The van der Waals surface area contributed by atoms with E-state index in [4.69, 9.17) is 9.47 Å². The van der Waals surface area contributed by atoms with Gasteiger partial charge in [0, 0.05) is 12.8 Å². The first-order chi connectivity index (χ1) is 9.13. The molecular weight excluding hydrogens is 244 g/mol. The molecular formula is C15H28O4. The van der Waals surface area contributed by atoms with Crippen molar-refractivity contribution in [2.75, 3.05) is 6.61 Å². The van der Waals surface area contributed by atoms with Gasteiger partial charge in [0.2, 0.25) is 0 Å². The maximum Gasteiger partial charge on any atom is 0.306 e. The van der Waals surface area contributed by atoms with Gasteiger partial charge < -0.3 is 9.47 Å². The van der Waals surface area contributed by atoms with Crippen LogP contribution in [0.15, 0.2) is 0 Å². The minimum Gasteiger partial charge on any atom is -0.466 e. The Morgan fingerprint density at radius 2 is 1.63 bits per heavy atom. The molecule has 0 aromatic heterocycles. The predicted octanol–water partition coefficient (Wildman–Crippen LogP) is 3.62. The molecule has 1 unspecified atom stereocenters. The van der Waals surface area contributed by atoms with Crippen LogP contribution >= 0.6 is 0 Å². The summed E-state index contributed by atoms with van der Waals surface area (Å²) in [5, 5.41) is 0. The molecule has 1 atom stereocenters. The first kappa shape index (κ1) is 17.9. The highest BCUT2D eigenvalue weighted by atomic mass is 16.5. The molecule has 0 aliphatic rings. The largest absolute Gasteiger partial charge is 0.466 e. The SMILES string of the molecule is CCCCC(CC)OC(=O)CCCC(=O)OCCC. The molecule has 0 aromatic rings. The van der Waals surface area contributed by atoms with Gasteiger partial charge in [-0.1, -0.05) is 33.6 Å². The highest BCUT2D eigenvalue weighted by molar-refractivity contribution is 5.72. The monoisotopic (exact) mass is 272 g/mol. The molecule has 0 aliphatic carbocycles. The number of hydrogen-bond acceptors (Lipinski definition) is 4. The Morgan fingerprint density at radius 3 is 2.21 bits per heavy atom. The van der Waals surface area contributed by atoms with Crippen molar-refractivity contribution >= 4 is 11.9 Å². The zero-order chi connectivity index (χ0) is 14.5. The van der Waals surface area contributed by atoms with E-state index >= 15 is 0 Å². The fourth-order valence-corrected chi connectivity index (χ4v) is 1.69. The van der Waals surface area contributed by atoms with Crippen LogP contribution in [0.4, 0.5) is 0 Å². The van der Waals surface area contributed by atoms with Gasteiger partial charge in [0.25, 0.3) is 0 Å². The molecule has 0 bridgehead atoms. The molecule has 4 heteroatoms. The third-order valence-corrected chi connectivity index (χ3v) is 2.86.